The van der Waals surface area contributed by atoms with Gasteiger partial charge in [-0.25, -0.2) is 0 Å². The fourth-order valence-electron chi connectivity index (χ4n) is 1.84. The molecule has 0 N–H and O–H groups in total. The molecule has 0 heteroatoms. The monoisotopic (exact) mass is 252 g/mol. The van der Waals surface area contributed by atoms with Crippen LogP contribution in [0.25, 0.3) is 5.57 Å². The molecule has 0 aromatic heterocycles. The highest BCUT2D eigenvalue weighted by Crippen LogP contribution is 2.18. The summed E-state index contributed by atoms with van der Waals surface area (Å²) in [6.45, 7) is 12.4. The molecule has 0 saturated carbocycles. The summed E-state index contributed by atoms with van der Waals surface area (Å²) in [5, 5.41) is 0. The van der Waals surface area contributed by atoms with E-state index in [1.54, 1.807) is 0 Å². The van der Waals surface area contributed by atoms with Crippen molar-refractivity contribution in [1.29, 1.82) is 0 Å². The van der Waals surface area contributed by atoms with Crippen LogP contribution in [0.3, 0.4) is 0 Å². The maximum absolute atomic E-state index is 4.17. The van der Waals surface area contributed by atoms with E-state index in [0.29, 0.717) is 0 Å². The Bertz CT molecular complexity index is 501. The van der Waals surface area contributed by atoms with Crippen LogP contribution < -0.4 is 0 Å². The van der Waals surface area contributed by atoms with Crippen LogP contribution in [0.2, 0.25) is 0 Å². The Kier molecular flexibility index (Phi) is 6.08. The van der Waals surface area contributed by atoms with Crippen molar-refractivity contribution in [1.82, 2.24) is 0 Å². The Hall–Kier alpha value is -1.82. The Morgan fingerprint density at radius 3 is 1.68 bits per heavy atom. The van der Waals surface area contributed by atoms with Gasteiger partial charge in [-0.2, -0.15) is 0 Å². The molecule has 0 bridgehead atoms. The zero-order chi connectivity index (χ0) is 14.3. The van der Waals surface area contributed by atoms with Crippen molar-refractivity contribution in [3.05, 3.63) is 77.4 Å². The second-order valence-corrected chi connectivity index (χ2v) is 4.63. The minimum Gasteiger partial charge on any atom is -0.0949 e. The molecule has 2 aromatic rings. The fraction of sp³-hybridized carbons (Fsp3) is 0.263. The average molecular weight is 252 g/mol. The third-order valence-electron chi connectivity index (χ3n) is 3.00. The van der Waals surface area contributed by atoms with Crippen LogP contribution in [-0.2, 0) is 6.42 Å². The first-order chi connectivity index (χ1) is 9.15. The molecule has 0 aliphatic carbocycles. The molecule has 0 fully saturated rings. The lowest BCUT2D eigenvalue weighted by molar-refractivity contribution is 1.27. The van der Waals surface area contributed by atoms with Crippen molar-refractivity contribution in [2.75, 3.05) is 0 Å². The minimum atomic E-state index is 0.920. The Labute approximate surface area is 117 Å². The standard InChI is InChI=1S/C17H18.C2H6/c1-13-4-8-16(9-5-13)12-15(3)17-10-6-14(2)7-11-17;1-2/h4-11H,3,12H2,1-2H3;1-2H3. The summed E-state index contributed by atoms with van der Waals surface area (Å²) in [6.07, 6.45) is 0.920. The molecule has 0 saturated heterocycles. The molecule has 0 amide bonds. The lowest BCUT2D eigenvalue weighted by Crippen LogP contribution is -1.89. The number of allylic oxidation sites excluding steroid dienone is 1. The summed E-state index contributed by atoms with van der Waals surface area (Å²) in [7, 11) is 0. The van der Waals surface area contributed by atoms with Gasteiger partial charge in [0.15, 0.2) is 0 Å². The summed E-state index contributed by atoms with van der Waals surface area (Å²) in [5.74, 6) is 0. The lowest BCUT2D eigenvalue weighted by atomic mass is 9.98. The van der Waals surface area contributed by atoms with Gasteiger partial charge in [-0.1, -0.05) is 80.1 Å². The minimum absolute atomic E-state index is 0.920. The van der Waals surface area contributed by atoms with E-state index in [4.69, 9.17) is 0 Å². The van der Waals surface area contributed by atoms with Crippen LogP contribution >= 0.6 is 0 Å². The second kappa shape index (κ2) is 7.58. The Morgan fingerprint density at radius 2 is 1.21 bits per heavy atom. The van der Waals surface area contributed by atoms with Crippen molar-refractivity contribution in [3.8, 4) is 0 Å². The first-order valence-corrected chi connectivity index (χ1v) is 6.95. The second-order valence-electron chi connectivity index (χ2n) is 4.63. The molecule has 100 valence electrons. The molecule has 19 heavy (non-hydrogen) atoms. The lowest BCUT2D eigenvalue weighted by Gasteiger charge is -2.07. The zero-order valence-corrected chi connectivity index (χ0v) is 12.5. The van der Waals surface area contributed by atoms with Gasteiger partial charge < -0.3 is 0 Å². The molecular weight excluding hydrogens is 228 g/mol. The summed E-state index contributed by atoms with van der Waals surface area (Å²) < 4.78 is 0. The number of hydrogen-bond donors (Lipinski definition) is 0. The summed E-state index contributed by atoms with van der Waals surface area (Å²) in [5.41, 5.74) is 6.32. The molecule has 0 radical (unpaired) electrons. The van der Waals surface area contributed by atoms with Gasteiger partial charge in [0.05, 0.1) is 0 Å². The smallest absolute Gasteiger partial charge is 0.00257 e. The summed E-state index contributed by atoms with van der Waals surface area (Å²) in [6, 6.07) is 17.2. The van der Waals surface area contributed by atoms with Crippen molar-refractivity contribution in [3.63, 3.8) is 0 Å². The topological polar surface area (TPSA) is 0 Å². The predicted octanol–water partition coefficient (Wildman–Crippen LogP) is 5.59. The number of benzene rings is 2. The molecule has 0 atom stereocenters. The molecule has 0 spiro atoms. The Balaban J connectivity index is 0.000000861. The first kappa shape index (κ1) is 15.2. The Morgan fingerprint density at radius 1 is 0.789 bits per heavy atom. The van der Waals surface area contributed by atoms with Crippen LogP contribution in [-0.4, -0.2) is 0 Å². The zero-order valence-electron chi connectivity index (χ0n) is 12.5. The largest absolute Gasteiger partial charge is 0.0949 e. The first-order valence-electron chi connectivity index (χ1n) is 6.95. The third kappa shape index (κ3) is 4.75. The highest BCUT2D eigenvalue weighted by Gasteiger charge is 2.00. The molecule has 0 unspecified atom stereocenters. The van der Waals surface area contributed by atoms with E-state index in [2.05, 4.69) is 69.0 Å². The molecule has 0 aliphatic heterocycles. The van der Waals surface area contributed by atoms with Gasteiger partial charge in [0, 0.05) is 0 Å². The van der Waals surface area contributed by atoms with Crippen molar-refractivity contribution >= 4 is 5.57 Å². The van der Waals surface area contributed by atoms with E-state index in [0.717, 1.165) is 6.42 Å². The van der Waals surface area contributed by atoms with E-state index in [1.165, 1.54) is 27.8 Å². The molecule has 2 aromatic carbocycles. The fourth-order valence-corrected chi connectivity index (χ4v) is 1.84. The highest BCUT2D eigenvalue weighted by atomic mass is 14.1. The molecular formula is C19H24. The van der Waals surface area contributed by atoms with Gasteiger partial charge in [-0.05, 0) is 37.0 Å². The van der Waals surface area contributed by atoms with Gasteiger partial charge in [0.25, 0.3) is 0 Å². The highest BCUT2D eigenvalue weighted by molar-refractivity contribution is 5.65. The van der Waals surface area contributed by atoms with Gasteiger partial charge in [0.1, 0.15) is 0 Å². The quantitative estimate of drug-likeness (QED) is 0.668. The van der Waals surface area contributed by atoms with Gasteiger partial charge in [-0.3, -0.25) is 0 Å². The SMILES string of the molecule is C=C(Cc1ccc(C)cc1)c1ccc(C)cc1.CC. The maximum atomic E-state index is 4.17. The van der Waals surface area contributed by atoms with Crippen LogP contribution in [0, 0.1) is 13.8 Å². The van der Waals surface area contributed by atoms with Crippen molar-refractivity contribution in [2.24, 2.45) is 0 Å². The van der Waals surface area contributed by atoms with Crippen LogP contribution in [0.5, 0.6) is 0 Å². The third-order valence-corrected chi connectivity index (χ3v) is 3.00. The molecule has 2 rings (SSSR count). The maximum Gasteiger partial charge on any atom is -0.00257 e. The van der Waals surface area contributed by atoms with E-state index in [-0.39, 0.29) is 0 Å². The summed E-state index contributed by atoms with van der Waals surface area (Å²) >= 11 is 0. The normalized spacial score (nSPS) is 9.47. The van der Waals surface area contributed by atoms with Crippen LogP contribution in [0.15, 0.2) is 55.1 Å². The number of aryl methyl sites for hydroxylation is 2. The van der Waals surface area contributed by atoms with E-state index in [9.17, 15) is 0 Å². The van der Waals surface area contributed by atoms with E-state index in [1.807, 2.05) is 13.8 Å². The van der Waals surface area contributed by atoms with E-state index >= 15 is 0 Å². The van der Waals surface area contributed by atoms with Gasteiger partial charge >= 0.3 is 0 Å². The number of rotatable bonds is 3. The summed E-state index contributed by atoms with van der Waals surface area (Å²) in [4.78, 5) is 0. The van der Waals surface area contributed by atoms with E-state index < -0.39 is 0 Å². The van der Waals surface area contributed by atoms with Gasteiger partial charge in [0.2, 0.25) is 0 Å². The van der Waals surface area contributed by atoms with Crippen LogP contribution in [0.1, 0.15) is 36.1 Å². The molecule has 0 aliphatic rings. The van der Waals surface area contributed by atoms with Crippen molar-refractivity contribution in [2.45, 2.75) is 34.1 Å². The van der Waals surface area contributed by atoms with Crippen molar-refractivity contribution < 1.29 is 0 Å². The molecule has 0 heterocycles. The average Bonchev–Trinajstić information content (AvgIpc) is 2.44. The van der Waals surface area contributed by atoms with Crippen LogP contribution in [0.4, 0.5) is 0 Å². The number of hydrogen-bond acceptors (Lipinski definition) is 0. The van der Waals surface area contributed by atoms with Gasteiger partial charge in [-0.15, -0.1) is 0 Å². The molecule has 0 nitrogen and oxygen atoms in total. The predicted molar refractivity (Wildman–Crippen MR) is 86.4 cm³/mol.